The van der Waals surface area contributed by atoms with Gasteiger partial charge in [-0.2, -0.15) is 0 Å². The van der Waals surface area contributed by atoms with E-state index in [9.17, 15) is 4.79 Å². The quantitative estimate of drug-likeness (QED) is 0.845. The highest BCUT2D eigenvalue weighted by Crippen LogP contribution is 2.43. The first kappa shape index (κ1) is 14.6. The molecule has 2 heterocycles. The lowest BCUT2D eigenvalue weighted by Crippen LogP contribution is -2.63. The van der Waals surface area contributed by atoms with Gasteiger partial charge in [-0.1, -0.05) is 29.3 Å². The molecule has 1 fully saturated rings. The number of anilines is 1. The zero-order chi connectivity index (χ0) is 16.1. The largest absolute Gasteiger partial charge is 0.454 e. The predicted molar refractivity (Wildman–Crippen MR) is 87.2 cm³/mol. The lowest BCUT2D eigenvalue weighted by molar-refractivity contribution is -0.126. The van der Waals surface area contributed by atoms with Crippen LogP contribution in [0.5, 0.6) is 11.5 Å². The number of hydrogen-bond donors (Lipinski definition) is 1. The van der Waals surface area contributed by atoms with E-state index >= 15 is 0 Å². The van der Waals surface area contributed by atoms with Gasteiger partial charge in [0, 0.05) is 5.69 Å². The lowest BCUT2D eigenvalue weighted by atomic mass is 9.88. The van der Waals surface area contributed by atoms with E-state index in [1.807, 2.05) is 18.2 Å². The SMILES string of the molecule is NC1C(=O)N(c2ccc(Cl)c(Cl)c2)C1c1ccc2c(c1)OCO2. The summed E-state index contributed by atoms with van der Waals surface area (Å²) in [5.74, 6) is 1.18. The molecule has 2 aliphatic heterocycles. The molecular formula is C16H12Cl2N2O3. The van der Waals surface area contributed by atoms with Crippen LogP contribution >= 0.6 is 23.2 Å². The number of rotatable bonds is 2. The van der Waals surface area contributed by atoms with Gasteiger partial charge in [0.05, 0.1) is 16.1 Å². The molecule has 0 spiro atoms. The number of benzene rings is 2. The zero-order valence-corrected chi connectivity index (χ0v) is 13.3. The van der Waals surface area contributed by atoms with Gasteiger partial charge < -0.3 is 20.1 Å². The highest BCUT2D eigenvalue weighted by Gasteiger charge is 2.47. The van der Waals surface area contributed by atoms with Gasteiger partial charge in [0.25, 0.3) is 0 Å². The van der Waals surface area contributed by atoms with Crippen LogP contribution in [0.2, 0.25) is 10.0 Å². The maximum absolute atomic E-state index is 12.2. The monoisotopic (exact) mass is 350 g/mol. The van der Waals surface area contributed by atoms with Crippen LogP contribution in [-0.2, 0) is 4.79 Å². The van der Waals surface area contributed by atoms with E-state index in [0.29, 0.717) is 27.2 Å². The van der Waals surface area contributed by atoms with E-state index < -0.39 is 6.04 Å². The first-order chi connectivity index (χ1) is 11.1. The number of nitrogens with two attached hydrogens (primary N) is 1. The van der Waals surface area contributed by atoms with Crippen LogP contribution in [0, 0.1) is 0 Å². The maximum Gasteiger partial charge on any atom is 0.247 e. The van der Waals surface area contributed by atoms with Crippen molar-refractivity contribution in [2.24, 2.45) is 5.73 Å². The van der Waals surface area contributed by atoms with Crippen molar-refractivity contribution in [3.8, 4) is 11.5 Å². The van der Waals surface area contributed by atoms with Crippen LogP contribution in [0.15, 0.2) is 36.4 Å². The molecule has 2 aromatic rings. The molecule has 0 saturated carbocycles. The van der Waals surface area contributed by atoms with Gasteiger partial charge in [-0.25, -0.2) is 0 Å². The second-order valence-corrected chi connectivity index (χ2v) is 6.20. The molecule has 2 unspecified atom stereocenters. The summed E-state index contributed by atoms with van der Waals surface area (Å²) in [6.07, 6.45) is 0. The minimum atomic E-state index is -0.607. The fourth-order valence-electron chi connectivity index (χ4n) is 2.89. The van der Waals surface area contributed by atoms with E-state index in [1.54, 1.807) is 23.1 Å². The Hall–Kier alpha value is -1.95. The molecule has 2 aromatic carbocycles. The fraction of sp³-hybridized carbons (Fsp3) is 0.188. The Kier molecular flexibility index (Phi) is 3.37. The minimum Gasteiger partial charge on any atom is -0.454 e. The van der Waals surface area contributed by atoms with E-state index in [1.165, 1.54) is 0 Å². The minimum absolute atomic E-state index is 0.161. The number of ether oxygens (including phenoxy) is 2. The van der Waals surface area contributed by atoms with Crippen molar-refractivity contribution in [2.75, 3.05) is 11.7 Å². The van der Waals surface area contributed by atoms with E-state index in [2.05, 4.69) is 0 Å². The summed E-state index contributed by atoms with van der Waals surface area (Å²) in [5.41, 5.74) is 7.56. The van der Waals surface area contributed by atoms with Crippen molar-refractivity contribution < 1.29 is 14.3 Å². The first-order valence-electron chi connectivity index (χ1n) is 6.99. The second kappa shape index (κ2) is 5.30. The van der Waals surface area contributed by atoms with Gasteiger partial charge in [-0.3, -0.25) is 4.79 Å². The summed E-state index contributed by atoms with van der Waals surface area (Å²) in [6.45, 7) is 0.199. The van der Waals surface area contributed by atoms with Gasteiger partial charge in [-0.05, 0) is 35.9 Å². The Morgan fingerprint density at radius 1 is 1.04 bits per heavy atom. The number of β-lactam (4-membered cyclic amide) rings is 1. The van der Waals surface area contributed by atoms with E-state index in [0.717, 1.165) is 5.56 Å². The van der Waals surface area contributed by atoms with Crippen LogP contribution in [0.3, 0.4) is 0 Å². The fourth-order valence-corrected chi connectivity index (χ4v) is 3.18. The summed E-state index contributed by atoms with van der Waals surface area (Å²) in [7, 11) is 0. The average molecular weight is 351 g/mol. The maximum atomic E-state index is 12.2. The molecule has 0 bridgehead atoms. The van der Waals surface area contributed by atoms with Crippen molar-refractivity contribution >= 4 is 34.8 Å². The Labute approximate surface area is 142 Å². The molecule has 23 heavy (non-hydrogen) atoms. The number of fused-ring (bicyclic) bond motifs is 1. The van der Waals surface area contributed by atoms with Crippen molar-refractivity contribution in [2.45, 2.75) is 12.1 Å². The summed E-state index contributed by atoms with van der Waals surface area (Å²) in [4.78, 5) is 13.9. The predicted octanol–water partition coefficient (Wildman–Crippen LogP) is 3.14. The average Bonchev–Trinajstić information content (AvgIpc) is 3.02. The smallest absolute Gasteiger partial charge is 0.247 e. The molecular weight excluding hydrogens is 339 g/mol. The molecule has 118 valence electrons. The van der Waals surface area contributed by atoms with Crippen LogP contribution in [-0.4, -0.2) is 18.7 Å². The summed E-state index contributed by atoms with van der Waals surface area (Å²) >= 11 is 12.0. The molecule has 0 radical (unpaired) electrons. The summed E-state index contributed by atoms with van der Waals surface area (Å²) in [6, 6.07) is 9.73. The number of carbonyl (C=O) groups is 1. The topological polar surface area (TPSA) is 64.8 Å². The lowest BCUT2D eigenvalue weighted by Gasteiger charge is -2.45. The number of amides is 1. The van der Waals surface area contributed by atoms with Crippen molar-refractivity contribution in [3.05, 3.63) is 52.0 Å². The number of halogens is 2. The van der Waals surface area contributed by atoms with Crippen LogP contribution in [0.1, 0.15) is 11.6 Å². The third-order valence-electron chi connectivity index (χ3n) is 4.06. The molecule has 7 heteroatoms. The summed E-state index contributed by atoms with van der Waals surface area (Å²) in [5, 5.41) is 0.828. The normalized spacial score (nSPS) is 22.2. The number of nitrogens with zero attached hydrogens (tertiary/aromatic N) is 1. The molecule has 4 rings (SSSR count). The Morgan fingerprint density at radius 2 is 1.83 bits per heavy atom. The Morgan fingerprint density at radius 3 is 2.61 bits per heavy atom. The van der Waals surface area contributed by atoms with Crippen molar-refractivity contribution in [1.82, 2.24) is 0 Å². The van der Waals surface area contributed by atoms with Crippen molar-refractivity contribution in [1.29, 1.82) is 0 Å². The van der Waals surface area contributed by atoms with Gasteiger partial charge >= 0.3 is 0 Å². The molecule has 1 amide bonds. The molecule has 0 aliphatic carbocycles. The second-order valence-electron chi connectivity index (χ2n) is 5.39. The van der Waals surface area contributed by atoms with Crippen molar-refractivity contribution in [3.63, 3.8) is 0 Å². The molecule has 2 N–H and O–H groups in total. The molecule has 1 saturated heterocycles. The molecule has 2 atom stereocenters. The molecule has 0 aromatic heterocycles. The highest BCUT2D eigenvalue weighted by molar-refractivity contribution is 6.42. The highest BCUT2D eigenvalue weighted by atomic mass is 35.5. The van der Waals surface area contributed by atoms with E-state index in [-0.39, 0.29) is 18.7 Å². The Bertz CT molecular complexity index is 812. The van der Waals surface area contributed by atoms with Gasteiger partial charge in [-0.15, -0.1) is 0 Å². The number of hydrogen-bond acceptors (Lipinski definition) is 4. The summed E-state index contributed by atoms with van der Waals surface area (Å²) < 4.78 is 10.7. The van der Waals surface area contributed by atoms with Gasteiger partial charge in [0.2, 0.25) is 12.7 Å². The third-order valence-corrected chi connectivity index (χ3v) is 4.80. The molecule has 2 aliphatic rings. The van der Waals surface area contributed by atoms with Gasteiger partial charge in [0.15, 0.2) is 11.5 Å². The van der Waals surface area contributed by atoms with Crippen LogP contribution in [0.4, 0.5) is 5.69 Å². The van der Waals surface area contributed by atoms with Crippen LogP contribution in [0.25, 0.3) is 0 Å². The third kappa shape index (κ3) is 2.24. The standard InChI is InChI=1S/C16H12Cl2N2O3/c17-10-3-2-9(6-11(10)18)20-15(14(19)16(20)21)8-1-4-12-13(5-8)23-7-22-12/h1-6,14-15H,7,19H2. The molecule has 5 nitrogen and oxygen atoms in total. The first-order valence-corrected chi connectivity index (χ1v) is 7.75. The van der Waals surface area contributed by atoms with Crippen LogP contribution < -0.4 is 20.1 Å². The Balaban J connectivity index is 1.72. The number of carbonyl (C=O) groups excluding carboxylic acids is 1. The van der Waals surface area contributed by atoms with E-state index in [4.69, 9.17) is 38.4 Å². The zero-order valence-electron chi connectivity index (χ0n) is 11.8. The van der Waals surface area contributed by atoms with Gasteiger partial charge in [0.1, 0.15) is 6.04 Å².